The number of aromatic nitrogens is 1. The van der Waals surface area contributed by atoms with Crippen LogP contribution in [0.3, 0.4) is 0 Å². The van der Waals surface area contributed by atoms with E-state index >= 15 is 0 Å². The zero-order valence-corrected chi connectivity index (χ0v) is 16.3. The molecule has 1 aromatic heterocycles. The van der Waals surface area contributed by atoms with E-state index in [0.717, 1.165) is 12.8 Å². The molecule has 0 aliphatic carbocycles. The molecule has 1 rings (SSSR count). The lowest BCUT2D eigenvalue weighted by atomic mass is 9.87. The largest absolute Gasteiger partial charge is 0.497 e. The summed E-state index contributed by atoms with van der Waals surface area (Å²) in [5, 5.41) is 12.7. The molecule has 0 aromatic carbocycles. The summed E-state index contributed by atoms with van der Waals surface area (Å²) in [6.07, 6.45) is 3.91. The average Bonchev–Trinajstić information content (AvgIpc) is 2.67. The van der Waals surface area contributed by atoms with Gasteiger partial charge in [0.15, 0.2) is 5.78 Å². The van der Waals surface area contributed by atoms with E-state index < -0.39 is 17.9 Å². The van der Waals surface area contributed by atoms with Crippen molar-refractivity contribution in [2.24, 2.45) is 11.8 Å². The second-order valence-electron chi connectivity index (χ2n) is 6.75. The predicted molar refractivity (Wildman–Crippen MR) is 99.5 cm³/mol. The van der Waals surface area contributed by atoms with Gasteiger partial charge in [-0.25, -0.2) is 5.06 Å². The van der Waals surface area contributed by atoms with Crippen LogP contribution >= 0.6 is 0 Å². The summed E-state index contributed by atoms with van der Waals surface area (Å²) in [7, 11) is 1.49. The third kappa shape index (κ3) is 6.97. The molecule has 0 unspecified atom stereocenters. The quantitative estimate of drug-likeness (QED) is 0.327. The Bertz CT molecular complexity index is 636. The predicted octanol–water partition coefficient (Wildman–Crippen LogP) is 2.07. The monoisotopic (exact) mass is 379 g/mol. The average molecular weight is 379 g/mol. The number of pyridine rings is 1. The van der Waals surface area contributed by atoms with Gasteiger partial charge in [-0.3, -0.25) is 24.6 Å². The molecule has 27 heavy (non-hydrogen) atoms. The molecule has 0 bridgehead atoms. The number of hydrogen-bond acceptors (Lipinski definition) is 6. The van der Waals surface area contributed by atoms with Crippen molar-refractivity contribution in [3.05, 3.63) is 24.0 Å². The highest BCUT2D eigenvalue weighted by Gasteiger charge is 2.31. The van der Waals surface area contributed by atoms with Crippen LogP contribution in [0.2, 0.25) is 0 Å². The van der Waals surface area contributed by atoms with Gasteiger partial charge in [-0.15, -0.1) is 0 Å². The molecule has 8 nitrogen and oxygen atoms in total. The number of ether oxygens (including phenoxy) is 1. The molecule has 8 heteroatoms. The molecule has 0 saturated carbocycles. The molecule has 2 atom stereocenters. The first-order valence-electron chi connectivity index (χ1n) is 9.09. The SMILES string of the molecule is CCCC[C@H](CN(O)C=O)C(=O)[C@@H](NC(=O)c1cc(OC)ccn1)C(C)C. The molecule has 0 fully saturated rings. The fourth-order valence-electron chi connectivity index (χ4n) is 2.74. The maximum Gasteiger partial charge on any atom is 0.270 e. The van der Waals surface area contributed by atoms with E-state index in [4.69, 9.17) is 4.74 Å². The topological polar surface area (TPSA) is 109 Å². The second-order valence-corrected chi connectivity index (χ2v) is 6.75. The van der Waals surface area contributed by atoms with Crippen molar-refractivity contribution >= 4 is 18.1 Å². The molecule has 0 aliphatic rings. The fourth-order valence-corrected chi connectivity index (χ4v) is 2.74. The molecule has 0 spiro atoms. The van der Waals surface area contributed by atoms with Crippen molar-refractivity contribution in [1.29, 1.82) is 0 Å². The van der Waals surface area contributed by atoms with E-state index in [2.05, 4.69) is 10.3 Å². The summed E-state index contributed by atoms with van der Waals surface area (Å²) < 4.78 is 5.09. The summed E-state index contributed by atoms with van der Waals surface area (Å²) >= 11 is 0. The number of nitrogens with zero attached hydrogens (tertiary/aromatic N) is 2. The first-order valence-corrected chi connectivity index (χ1v) is 9.09. The molecule has 2 amide bonds. The number of rotatable bonds is 12. The molecular weight excluding hydrogens is 350 g/mol. The Morgan fingerprint density at radius 1 is 1.41 bits per heavy atom. The standard InChI is InChI=1S/C19H29N3O5/c1-5-6-7-14(11-22(26)12-23)18(24)17(13(2)3)21-19(25)16-10-15(27-4)8-9-20-16/h8-10,12-14,17,26H,5-7,11H2,1-4H3,(H,21,25)/t14-,17+/m1/s1. The third-order valence-corrected chi connectivity index (χ3v) is 4.30. The lowest BCUT2D eigenvalue weighted by Gasteiger charge is -2.27. The minimum Gasteiger partial charge on any atom is -0.497 e. The van der Waals surface area contributed by atoms with Crippen LogP contribution in [0.5, 0.6) is 5.75 Å². The molecule has 150 valence electrons. The van der Waals surface area contributed by atoms with E-state index in [1.165, 1.54) is 19.4 Å². The highest BCUT2D eigenvalue weighted by atomic mass is 16.5. The number of hydrogen-bond donors (Lipinski definition) is 2. The van der Waals surface area contributed by atoms with Gasteiger partial charge in [-0.2, -0.15) is 0 Å². The van der Waals surface area contributed by atoms with Crippen LogP contribution < -0.4 is 10.1 Å². The number of hydroxylamine groups is 2. The van der Waals surface area contributed by atoms with Crippen molar-refractivity contribution in [2.75, 3.05) is 13.7 Å². The van der Waals surface area contributed by atoms with Crippen molar-refractivity contribution in [2.45, 2.75) is 46.1 Å². The molecule has 1 heterocycles. The van der Waals surface area contributed by atoms with Crippen LogP contribution in [0, 0.1) is 11.8 Å². The van der Waals surface area contributed by atoms with Crippen LogP contribution in [-0.2, 0) is 9.59 Å². The van der Waals surface area contributed by atoms with Crippen LogP contribution in [0.4, 0.5) is 0 Å². The number of carbonyl (C=O) groups excluding carboxylic acids is 3. The lowest BCUT2D eigenvalue weighted by molar-refractivity contribution is -0.154. The Labute approximate surface area is 159 Å². The minimum atomic E-state index is -0.757. The molecule has 0 saturated heterocycles. The number of carbonyl (C=O) groups is 3. The smallest absolute Gasteiger partial charge is 0.270 e. The van der Waals surface area contributed by atoms with Crippen molar-refractivity contribution in [3.8, 4) is 5.75 Å². The van der Waals surface area contributed by atoms with Crippen LogP contribution in [0.1, 0.15) is 50.5 Å². The zero-order chi connectivity index (χ0) is 20.4. The molecular formula is C19H29N3O5. The van der Waals surface area contributed by atoms with Gasteiger partial charge in [0, 0.05) is 18.2 Å². The van der Waals surface area contributed by atoms with E-state index in [9.17, 15) is 19.6 Å². The van der Waals surface area contributed by atoms with E-state index in [1.807, 2.05) is 20.8 Å². The van der Waals surface area contributed by atoms with Gasteiger partial charge in [0.1, 0.15) is 11.4 Å². The first kappa shape index (κ1) is 22.6. The van der Waals surface area contributed by atoms with Gasteiger partial charge in [-0.1, -0.05) is 33.6 Å². The van der Waals surface area contributed by atoms with E-state index in [1.54, 1.807) is 6.07 Å². The number of methoxy groups -OCH3 is 1. The number of unbranched alkanes of at least 4 members (excludes halogenated alkanes) is 1. The van der Waals surface area contributed by atoms with Crippen molar-refractivity contribution in [3.63, 3.8) is 0 Å². The molecule has 0 aliphatic heterocycles. The number of nitrogens with one attached hydrogen (secondary N) is 1. The second kappa shape index (κ2) is 11.3. The Morgan fingerprint density at radius 3 is 2.67 bits per heavy atom. The van der Waals surface area contributed by atoms with Gasteiger partial charge in [0.05, 0.1) is 19.7 Å². The number of Topliss-reactive ketones (excluding diaryl/α,β-unsaturated/α-hetero) is 1. The summed E-state index contributed by atoms with van der Waals surface area (Å²) in [4.78, 5) is 40.3. The van der Waals surface area contributed by atoms with Gasteiger partial charge in [-0.05, 0) is 18.4 Å². The number of ketones is 1. The first-order chi connectivity index (χ1) is 12.8. The summed E-state index contributed by atoms with van der Waals surface area (Å²) in [5.74, 6) is -0.932. The zero-order valence-electron chi connectivity index (χ0n) is 16.3. The van der Waals surface area contributed by atoms with Crippen LogP contribution in [-0.4, -0.2) is 53.1 Å². The minimum absolute atomic E-state index is 0.0984. The Kier molecular flexibility index (Phi) is 9.42. The Balaban J connectivity index is 2.97. The molecule has 2 N–H and O–H groups in total. The van der Waals surface area contributed by atoms with E-state index in [-0.39, 0.29) is 30.3 Å². The highest BCUT2D eigenvalue weighted by Crippen LogP contribution is 2.18. The highest BCUT2D eigenvalue weighted by molar-refractivity contribution is 5.97. The van der Waals surface area contributed by atoms with Crippen LogP contribution in [0.15, 0.2) is 18.3 Å². The Hall–Kier alpha value is -2.48. The summed E-state index contributed by atoms with van der Waals surface area (Å²) in [6.45, 7) is 5.55. The normalized spacial score (nSPS) is 13.0. The molecule has 1 aromatic rings. The molecule has 0 radical (unpaired) electrons. The lowest BCUT2D eigenvalue weighted by Crippen LogP contribution is -2.48. The summed E-state index contributed by atoms with van der Waals surface area (Å²) in [5.41, 5.74) is 0.148. The fraction of sp³-hybridized carbons (Fsp3) is 0.579. The van der Waals surface area contributed by atoms with Gasteiger partial charge < -0.3 is 10.1 Å². The third-order valence-electron chi connectivity index (χ3n) is 4.30. The van der Waals surface area contributed by atoms with Gasteiger partial charge in [0.2, 0.25) is 6.41 Å². The maximum absolute atomic E-state index is 13.0. The summed E-state index contributed by atoms with van der Waals surface area (Å²) in [6, 6.07) is 2.36. The van der Waals surface area contributed by atoms with Crippen molar-refractivity contribution in [1.82, 2.24) is 15.4 Å². The van der Waals surface area contributed by atoms with Crippen LogP contribution in [0.25, 0.3) is 0 Å². The number of amides is 2. The van der Waals surface area contributed by atoms with E-state index in [0.29, 0.717) is 17.2 Å². The van der Waals surface area contributed by atoms with Gasteiger partial charge in [0.25, 0.3) is 5.91 Å². The van der Waals surface area contributed by atoms with Gasteiger partial charge >= 0.3 is 0 Å². The Morgan fingerprint density at radius 2 is 2.11 bits per heavy atom. The van der Waals surface area contributed by atoms with Crippen molar-refractivity contribution < 1.29 is 24.3 Å². The maximum atomic E-state index is 13.0.